The van der Waals surface area contributed by atoms with E-state index in [1.165, 1.54) is 38.5 Å². The fraction of sp³-hybridized carbons (Fsp3) is 1.00. The molecule has 0 heterocycles. The van der Waals surface area contributed by atoms with Crippen LogP contribution in [0.25, 0.3) is 0 Å². The Labute approximate surface area is 89.9 Å². The maximum Gasteiger partial charge on any atom is 0.0537 e. The maximum absolute atomic E-state index is 9.33. The lowest BCUT2D eigenvalue weighted by molar-refractivity contribution is 0.127. The Morgan fingerprint density at radius 3 is 2.00 bits per heavy atom. The molecule has 0 fully saturated rings. The molecule has 1 N–H and O–H groups in total. The van der Waals surface area contributed by atoms with Crippen LogP contribution < -0.4 is 0 Å². The second kappa shape index (κ2) is 8.28. The van der Waals surface area contributed by atoms with E-state index in [1.54, 1.807) is 0 Å². The molecular weight excluding hydrogens is 172 g/mol. The highest BCUT2D eigenvalue weighted by Crippen LogP contribution is 2.18. The standard InChI is InChI=1S/C13H28O/c1-5-6-8-11(2)9-7-10-12(3)13(4)14/h11-14H,5-10H2,1-4H3/t11-,12+,13-/m0/s1. The van der Waals surface area contributed by atoms with Crippen molar-refractivity contribution in [2.24, 2.45) is 11.8 Å². The summed E-state index contributed by atoms with van der Waals surface area (Å²) in [7, 11) is 0. The van der Waals surface area contributed by atoms with Gasteiger partial charge in [-0.2, -0.15) is 0 Å². The highest BCUT2D eigenvalue weighted by Gasteiger charge is 2.09. The molecule has 86 valence electrons. The first-order chi connectivity index (χ1) is 6.57. The third-order valence-electron chi connectivity index (χ3n) is 3.23. The zero-order chi connectivity index (χ0) is 11.0. The molecule has 0 saturated carbocycles. The molecule has 1 nitrogen and oxygen atoms in total. The molecule has 0 aromatic carbocycles. The summed E-state index contributed by atoms with van der Waals surface area (Å²) in [6, 6.07) is 0. The van der Waals surface area contributed by atoms with Crippen molar-refractivity contribution in [1.82, 2.24) is 0 Å². The lowest BCUT2D eigenvalue weighted by Crippen LogP contribution is -2.13. The third kappa shape index (κ3) is 7.37. The topological polar surface area (TPSA) is 20.2 Å². The van der Waals surface area contributed by atoms with Crippen LogP contribution in [0.1, 0.15) is 66.2 Å². The number of hydrogen-bond acceptors (Lipinski definition) is 1. The summed E-state index contributed by atoms with van der Waals surface area (Å²) in [6.07, 6.45) is 7.70. The first kappa shape index (κ1) is 14.0. The Hall–Kier alpha value is -0.0400. The predicted octanol–water partition coefficient (Wildman–Crippen LogP) is 4.00. The molecule has 1 heteroatoms. The van der Waals surface area contributed by atoms with Crippen LogP contribution in [0.3, 0.4) is 0 Å². The Bertz CT molecular complexity index is 120. The SMILES string of the molecule is CCCC[C@H](C)CCC[C@@H](C)[C@H](C)O. The minimum atomic E-state index is -0.138. The minimum absolute atomic E-state index is 0.138. The highest BCUT2D eigenvalue weighted by atomic mass is 16.3. The molecule has 0 aromatic rings. The third-order valence-corrected chi connectivity index (χ3v) is 3.23. The molecule has 0 aromatic heterocycles. The summed E-state index contributed by atoms with van der Waals surface area (Å²) >= 11 is 0. The van der Waals surface area contributed by atoms with Crippen LogP contribution in [0.15, 0.2) is 0 Å². The molecule has 14 heavy (non-hydrogen) atoms. The number of rotatable bonds is 8. The molecule has 3 atom stereocenters. The van der Waals surface area contributed by atoms with Crippen LogP contribution >= 0.6 is 0 Å². The summed E-state index contributed by atoms with van der Waals surface area (Å²) in [6.45, 7) is 8.64. The molecule has 0 spiro atoms. The highest BCUT2D eigenvalue weighted by molar-refractivity contribution is 4.61. The lowest BCUT2D eigenvalue weighted by atomic mass is 9.93. The number of unbranched alkanes of at least 4 members (excludes halogenated alkanes) is 1. The van der Waals surface area contributed by atoms with Crippen molar-refractivity contribution in [2.75, 3.05) is 0 Å². The van der Waals surface area contributed by atoms with Gasteiger partial charge in [-0.25, -0.2) is 0 Å². The lowest BCUT2D eigenvalue weighted by Gasteiger charge is -2.16. The Morgan fingerprint density at radius 2 is 1.50 bits per heavy atom. The molecule has 0 rings (SSSR count). The van der Waals surface area contributed by atoms with Crippen LogP contribution in [-0.2, 0) is 0 Å². The van der Waals surface area contributed by atoms with Crippen molar-refractivity contribution in [3.63, 3.8) is 0 Å². The average molecular weight is 200 g/mol. The molecule has 0 unspecified atom stereocenters. The summed E-state index contributed by atoms with van der Waals surface area (Å²) in [4.78, 5) is 0. The quantitative estimate of drug-likeness (QED) is 0.628. The van der Waals surface area contributed by atoms with E-state index in [1.807, 2.05) is 6.92 Å². The van der Waals surface area contributed by atoms with Gasteiger partial charge in [0.15, 0.2) is 0 Å². The van der Waals surface area contributed by atoms with E-state index in [4.69, 9.17) is 0 Å². The van der Waals surface area contributed by atoms with Gasteiger partial charge < -0.3 is 5.11 Å². The normalized spacial score (nSPS) is 17.8. The fourth-order valence-electron chi connectivity index (χ4n) is 1.73. The zero-order valence-electron chi connectivity index (χ0n) is 10.4. The van der Waals surface area contributed by atoms with Crippen molar-refractivity contribution in [1.29, 1.82) is 0 Å². The summed E-state index contributed by atoms with van der Waals surface area (Å²) < 4.78 is 0. The van der Waals surface area contributed by atoms with Crippen molar-refractivity contribution < 1.29 is 5.11 Å². The smallest absolute Gasteiger partial charge is 0.0537 e. The Kier molecular flexibility index (Phi) is 8.26. The van der Waals surface area contributed by atoms with Gasteiger partial charge in [0.25, 0.3) is 0 Å². The number of aliphatic hydroxyl groups is 1. The van der Waals surface area contributed by atoms with Gasteiger partial charge in [-0.15, -0.1) is 0 Å². The van der Waals surface area contributed by atoms with Crippen LogP contribution in [0, 0.1) is 11.8 Å². The summed E-state index contributed by atoms with van der Waals surface area (Å²) in [5.41, 5.74) is 0. The van der Waals surface area contributed by atoms with Crippen LogP contribution in [0.5, 0.6) is 0 Å². The molecule has 0 aliphatic heterocycles. The first-order valence-corrected chi connectivity index (χ1v) is 6.26. The second-order valence-corrected chi connectivity index (χ2v) is 4.90. The van der Waals surface area contributed by atoms with Crippen LogP contribution in [0.4, 0.5) is 0 Å². The van der Waals surface area contributed by atoms with Crippen molar-refractivity contribution in [3.8, 4) is 0 Å². The molecule has 0 aliphatic rings. The molecule has 0 saturated heterocycles. The maximum atomic E-state index is 9.33. The van der Waals surface area contributed by atoms with E-state index in [2.05, 4.69) is 20.8 Å². The van der Waals surface area contributed by atoms with Crippen LogP contribution in [0.2, 0.25) is 0 Å². The van der Waals surface area contributed by atoms with E-state index in [-0.39, 0.29) is 6.10 Å². The van der Waals surface area contributed by atoms with E-state index in [0.29, 0.717) is 5.92 Å². The van der Waals surface area contributed by atoms with E-state index < -0.39 is 0 Å². The monoisotopic (exact) mass is 200 g/mol. The molecular formula is C13H28O. The van der Waals surface area contributed by atoms with Crippen LogP contribution in [-0.4, -0.2) is 11.2 Å². The molecule has 0 amide bonds. The van der Waals surface area contributed by atoms with Gasteiger partial charge in [-0.3, -0.25) is 0 Å². The Balaban J connectivity index is 3.34. The average Bonchev–Trinajstić information content (AvgIpc) is 2.14. The molecule has 0 radical (unpaired) electrons. The summed E-state index contributed by atoms with van der Waals surface area (Å²) in [5, 5.41) is 9.33. The van der Waals surface area contributed by atoms with E-state index in [9.17, 15) is 5.11 Å². The largest absolute Gasteiger partial charge is 0.393 e. The predicted molar refractivity (Wildman–Crippen MR) is 63.4 cm³/mol. The van der Waals surface area contributed by atoms with Gasteiger partial charge in [0.05, 0.1) is 6.10 Å². The number of hydrogen-bond donors (Lipinski definition) is 1. The van der Waals surface area contributed by atoms with E-state index in [0.717, 1.165) is 5.92 Å². The number of aliphatic hydroxyl groups excluding tert-OH is 1. The van der Waals surface area contributed by atoms with Crippen molar-refractivity contribution in [2.45, 2.75) is 72.3 Å². The minimum Gasteiger partial charge on any atom is -0.393 e. The van der Waals surface area contributed by atoms with Gasteiger partial charge >= 0.3 is 0 Å². The second-order valence-electron chi connectivity index (χ2n) is 4.90. The van der Waals surface area contributed by atoms with E-state index >= 15 is 0 Å². The van der Waals surface area contributed by atoms with Gasteiger partial charge in [-0.1, -0.05) is 52.9 Å². The van der Waals surface area contributed by atoms with Gasteiger partial charge in [0.1, 0.15) is 0 Å². The van der Waals surface area contributed by atoms with Gasteiger partial charge in [0.2, 0.25) is 0 Å². The van der Waals surface area contributed by atoms with Crippen molar-refractivity contribution >= 4 is 0 Å². The first-order valence-electron chi connectivity index (χ1n) is 6.26. The summed E-state index contributed by atoms with van der Waals surface area (Å²) in [5.74, 6) is 1.34. The molecule has 0 aliphatic carbocycles. The van der Waals surface area contributed by atoms with Gasteiger partial charge in [-0.05, 0) is 25.2 Å². The molecule has 0 bridgehead atoms. The van der Waals surface area contributed by atoms with Crippen molar-refractivity contribution in [3.05, 3.63) is 0 Å². The fourth-order valence-corrected chi connectivity index (χ4v) is 1.73. The zero-order valence-corrected chi connectivity index (χ0v) is 10.4. The Morgan fingerprint density at radius 1 is 0.929 bits per heavy atom. The van der Waals surface area contributed by atoms with Gasteiger partial charge in [0, 0.05) is 0 Å².